The van der Waals surface area contributed by atoms with Crippen molar-refractivity contribution in [1.29, 1.82) is 0 Å². The molecule has 2 atom stereocenters. The van der Waals surface area contributed by atoms with Gasteiger partial charge in [-0.25, -0.2) is 0 Å². The molecule has 1 saturated heterocycles. The number of ether oxygens (including phenoxy) is 1. The summed E-state index contributed by atoms with van der Waals surface area (Å²) in [6.45, 7) is 1.32. The predicted octanol–water partition coefficient (Wildman–Crippen LogP) is 2.07. The zero-order chi connectivity index (χ0) is 12.1. The minimum Gasteiger partial charge on any atom is -0.381 e. The smallest absolute Gasteiger partial charge is 0.138 e. The molecule has 2 unspecified atom stereocenters. The number of nitrogens with two attached hydrogens (primary N) is 1. The second-order valence-electron chi connectivity index (χ2n) is 4.58. The Kier molecular flexibility index (Phi) is 4.29. The molecule has 0 aliphatic carbocycles. The lowest BCUT2D eigenvalue weighted by molar-refractivity contribution is -0.123. The van der Waals surface area contributed by atoms with Crippen LogP contribution in [0.25, 0.3) is 0 Å². The molecular formula is C14H19NO2. The van der Waals surface area contributed by atoms with E-state index in [-0.39, 0.29) is 12.0 Å². The van der Waals surface area contributed by atoms with E-state index in [2.05, 4.69) is 0 Å². The normalized spacial score (nSPS) is 21.4. The first-order valence-corrected chi connectivity index (χ1v) is 6.18. The lowest BCUT2D eigenvalue weighted by Crippen LogP contribution is -2.17. The van der Waals surface area contributed by atoms with Crippen LogP contribution in [0.5, 0.6) is 0 Å². The summed E-state index contributed by atoms with van der Waals surface area (Å²) >= 11 is 0. The number of benzene rings is 1. The molecule has 0 aromatic heterocycles. The van der Waals surface area contributed by atoms with Gasteiger partial charge < -0.3 is 10.5 Å². The average Bonchev–Trinajstić information content (AvgIpc) is 2.90. The van der Waals surface area contributed by atoms with E-state index in [0.29, 0.717) is 18.8 Å². The number of hydrogen-bond donors (Lipinski definition) is 1. The first-order chi connectivity index (χ1) is 8.27. The van der Waals surface area contributed by atoms with Gasteiger partial charge in [-0.15, -0.1) is 0 Å². The Bertz CT molecular complexity index is 358. The maximum Gasteiger partial charge on any atom is 0.138 e. The van der Waals surface area contributed by atoms with Gasteiger partial charge >= 0.3 is 0 Å². The zero-order valence-corrected chi connectivity index (χ0v) is 9.97. The average molecular weight is 233 g/mol. The lowest BCUT2D eigenvalue weighted by atomic mass is 9.95. The molecule has 1 aliphatic rings. The maximum absolute atomic E-state index is 11.8. The van der Waals surface area contributed by atoms with E-state index in [4.69, 9.17) is 10.5 Å². The second kappa shape index (κ2) is 5.94. The first-order valence-electron chi connectivity index (χ1n) is 6.18. The van der Waals surface area contributed by atoms with Crippen LogP contribution in [0.4, 0.5) is 0 Å². The number of rotatable bonds is 5. The molecule has 3 heteroatoms. The molecule has 1 aromatic rings. The zero-order valence-electron chi connectivity index (χ0n) is 9.97. The summed E-state index contributed by atoms with van der Waals surface area (Å²) < 4.78 is 5.22. The van der Waals surface area contributed by atoms with E-state index in [9.17, 15) is 4.79 Å². The van der Waals surface area contributed by atoms with Crippen LogP contribution in [0.15, 0.2) is 30.3 Å². The molecule has 0 amide bonds. The Morgan fingerprint density at radius 1 is 1.41 bits per heavy atom. The molecule has 92 valence electrons. The molecular weight excluding hydrogens is 214 g/mol. The largest absolute Gasteiger partial charge is 0.381 e. The van der Waals surface area contributed by atoms with Crippen LogP contribution >= 0.6 is 0 Å². The first kappa shape index (κ1) is 12.3. The molecule has 0 radical (unpaired) electrons. The van der Waals surface area contributed by atoms with Crippen LogP contribution in [-0.4, -0.2) is 19.0 Å². The summed E-state index contributed by atoms with van der Waals surface area (Å²) in [5.41, 5.74) is 7.16. The molecule has 1 heterocycles. The summed E-state index contributed by atoms with van der Waals surface area (Å²) in [6.07, 6.45) is 2.16. The summed E-state index contributed by atoms with van der Waals surface area (Å²) in [5, 5.41) is 0. The lowest BCUT2D eigenvalue weighted by Gasteiger charge is -2.12. The molecule has 17 heavy (non-hydrogen) atoms. The third-order valence-corrected chi connectivity index (χ3v) is 3.31. The Hall–Kier alpha value is -1.19. The summed E-state index contributed by atoms with van der Waals surface area (Å²) in [7, 11) is 0. The van der Waals surface area contributed by atoms with Crippen molar-refractivity contribution in [3.63, 3.8) is 0 Å². The SMILES string of the molecule is NC(CCC(=O)C1CCOC1)c1ccccc1. The van der Waals surface area contributed by atoms with Crippen molar-refractivity contribution in [1.82, 2.24) is 0 Å². The molecule has 2 rings (SSSR count). The summed E-state index contributed by atoms with van der Waals surface area (Å²) in [4.78, 5) is 11.8. The quantitative estimate of drug-likeness (QED) is 0.847. The fourth-order valence-corrected chi connectivity index (χ4v) is 2.16. The molecule has 1 fully saturated rings. The molecule has 0 spiro atoms. The summed E-state index contributed by atoms with van der Waals surface area (Å²) in [6, 6.07) is 9.89. The van der Waals surface area contributed by atoms with E-state index < -0.39 is 0 Å². The van der Waals surface area contributed by atoms with Gasteiger partial charge in [-0.3, -0.25) is 4.79 Å². The number of hydrogen-bond acceptors (Lipinski definition) is 3. The number of Topliss-reactive ketones (excluding diaryl/α,β-unsaturated/α-hetero) is 1. The van der Waals surface area contributed by atoms with E-state index in [1.165, 1.54) is 0 Å². The van der Waals surface area contributed by atoms with Crippen LogP contribution in [0, 0.1) is 5.92 Å². The maximum atomic E-state index is 11.8. The standard InChI is InChI=1S/C14H19NO2/c15-13(11-4-2-1-3-5-11)6-7-14(16)12-8-9-17-10-12/h1-5,12-13H,6-10,15H2. The topological polar surface area (TPSA) is 52.3 Å². The highest BCUT2D eigenvalue weighted by molar-refractivity contribution is 5.81. The van der Waals surface area contributed by atoms with Gasteiger partial charge in [0.15, 0.2) is 0 Å². The molecule has 2 N–H and O–H groups in total. The highest BCUT2D eigenvalue weighted by Crippen LogP contribution is 2.20. The van der Waals surface area contributed by atoms with Crippen molar-refractivity contribution in [2.24, 2.45) is 11.7 Å². The number of carbonyl (C=O) groups excluding carboxylic acids is 1. The Balaban J connectivity index is 1.80. The van der Waals surface area contributed by atoms with E-state index in [0.717, 1.165) is 25.0 Å². The van der Waals surface area contributed by atoms with Crippen LogP contribution in [0.2, 0.25) is 0 Å². The van der Waals surface area contributed by atoms with E-state index in [1.54, 1.807) is 0 Å². The van der Waals surface area contributed by atoms with Crippen LogP contribution in [-0.2, 0) is 9.53 Å². The van der Waals surface area contributed by atoms with Crippen molar-refractivity contribution < 1.29 is 9.53 Å². The minimum atomic E-state index is -0.0394. The second-order valence-corrected chi connectivity index (χ2v) is 4.58. The minimum absolute atomic E-state index is 0.0394. The Morgan fingerprint density at radius 2 is 2.18 bits per heavy atom. The van der Waals surface area contributed by atoms with Gasteiger partial charge in [-0.05, 0) is 18.4 Å². The molecule has 3 nitrogen and oxygen atoms in total. The highest BCUT2D eigenvalue weighted by Gasteiger charge is 2.23. The third-order valence-electron chi connectivity index (χ3n) is 3.31. The fourth-order valence-electron chi connectivity index (χ4n) is 2.16. The molecule has 0 saturated carbocycles. The van der Waals surface area contributed by atoms with Crippen molar-refractivity contribution in [2.45, 2.75) is 25.3 Å². The van der Waals surface area contributed by atoms with Gasteiger partial charge in [-0.1, -0.05) is 30.3 Å². The fraction of sp³-hybridized carbons (Fsp3) is 0.500. The Morgan fingerprint density at radius 3 is 2.82 bits per heavy atom. The predicted molar refractivity (Wildman–Crippen MR) is 66.5 cm³/mol. The highest BCUT2D eigenvalue weighted by atomic mass is 16.5. The van der Waals surface area contributed by atoms with Gasteiger partial charge in [0.2, 0.25) is 0 Å². The van der Waals surface area contributed by atoms with Gasteiger partial charge in [-0.2, -0.15) is 0 Å². The van der Waals surface area contributed by atoms with Crippen LogP contribution < -0.4 is 5.73 Å². The van der Waals surface area contributed by atoms with E-state index in [1.807, 2.05) is 30.3 Å². The van der Waals surface area contributed by atoms with Gasteiger partial charge in [0, 0.05) is 25.0 Å². The van der Waals surface area contributed by atoms with Crippen LogP contribution in [0.3, 0.4) is 0 Å². The van der Waals surface area contributed by atoms with Gasteiger partial charge in [0.05, 0.1) is 6.61 Å². The van der Waals surface area contributed by atoms with E-state index >= 15 is 0 Å². The molecule has 0 bridgehead atoms. The van der Waals surface area contributed by atoms with Crippen LogP contribution in [0.1, 0.15) is 30.9 Å². The number of ketones is 1. The van der Waals surface area contributed by atoms with Crippen molar-refractivity contribution >= 4 is 5.78 Å². The van der Waals surface area contributed by atoms with Crippen molar-refractivity contribution in [3.8, 4) is 0 Å². The molecule has 1 aliphatic heterocycles. The third kappa shape index (κ3) is 3.38. The summed E-state index contributed by atoms with van der Waals surface area (Å²) in [5.74, 6) is 0.409. The van der Waals surface area contributed by atoms with Crippen molar-refractivity contribution in [2.75, 3.05) is 13.2 Å². The van der Waals surface area contributed by atoms with Gasteiger partial charge in [0.25, 0.3) is 0 Å². The number of carbonyl (C=O) groups is 1. The molecule has 1 aromatic carbocycles. The van der Waals surface area contributed by atoms with Crippen molar-refractivity contribution in [3.05, 3.63) is 35.9 Å². The monoisotopic (exact) mass is 233 g/mol. The van der Waals surface area contributed by atoms with Gasteiger partial charge in [0.1, 0.15) is 5.78 Å². The Labute approximate surface area is 102 Å².